The lowest BCUT2D eigenvalue weighted by molar-refractivity contribution is 0.288. The topological polar surface area (TPSA) is 21.3 Å². The Balaban J connectivity index is 1.95. The van der Waals surface area contributed by atoms with E-state index in [4.69, 9.17) is 16.3 Å². The van der Waals surface area contributed by atoms with Gasteiger partial charge in [-0.15, -0.1) is 11.3 Å². The molecule has 0 spiro atoms. The number of ether oxygens (including phenoxy) is 1. The molecule has 0 bridgehead atoms. The molecule has 1 atom stereocenters. The summed E-state index contributed by atoms with van der Waals surface area (Å²) < 4.78 is 6.53. The maximum atomic E-state index is 6.08. The first-order valence-electron chi connectivity index (χ1n) is 7.02. The molecule has 2 aromatic rings. The molecule has 2 nitrogen and oxygen atoms in total. The zero-order valence-electron chi connectivity index (χ0n) is 11.5. The van der Waals surface area contributed by atoms with E-state index in [2.05, 4.69) is 36.5 Å². The van der Waals surface area contributed by atoms with Gasteiger partial charge in [0, 0.05) is 4.88 Å². The molecule has 0 saturated heterocycles. The number of aryl methyl sites for hydroxylation is 1. The van der Waals surface area contributed by atoms with Gasteiger partial charge in [0.25, 0.3) is 0 Å². The average Bonchev–Trinajstić information content (AvgIpc) is 2.90. The highest BCUT2D eigenvalue weighted by molar-refractivity contribution is 7.16. The van der Waals surface area contributed by atoms with Gasteiger partial charge in [-0.1, -0.05) is 30.7 Å². The number of thiophene rings is 1. The fourth-order valence-corrected chi connectivity index (χ4v) is 3.79. The summed E-state index contributed by atoms with van der Waals surface area (Å²) in [5, 5.41) is 3.55. The van der Waals surface area contributed by atoms with Crippen molar-refractivity contribution in [1.29, 1.82) is 0 Å². The van der Waals surface area contributed by atoms with Crippen molar-refractivity contribution in [3.8, 4) is 5.75 Å². The fraction of sp³-hybridized carbons (Fsp3) is 0.375. The third-order valence-corrected chi connectivity index (χ3v) is 4.85. The van der Waals surface area contributed by atoms with E-state index in [1.165, 1.54) is 16.0 Å². The molecule has 2 heterocycles. The fourth-order valence-electron chi connectivity index (χ4n) is 2.63. The van der Waals surface area contributed by atoms with Crippen LogP contribution in [0.2, 0.25) is 4.34 Å². The average molecular weight is 308 g/mol. The molecule has 1 aliphatic heterocycles. The predicted octanol–water partition coefficient (Wildman–Crippen LogP) is 4.43. The maximum absolute atomic E-state index is 6.08. The van der Waals surface area contributed by atoms with Crippen LogP contribution in [0.5, 0.6) is 5.75 Å². The lowest BCUT2D eigenvalue weighted by atomic mass is 9.98. The SMILES string of the molecule is CCNC(c1ccc2c(c1)CCCO2)c1ccc(Cl)s1. The molecule has 1 aromatic carbocycles. The Morgan fingerprint density at radius 3 is 3.00 bits per heavy atom. The third-order valence-electron chi connectivity index (χ3n) is 3.55. The van der Waals surface area contributed by atoms with Crippen molar-refractivity contribution >= 4 is 22.9 Å². The standard InChI is InChI=1S/C16H18ClNOS/c1-2-18-16(14-7-8-15(17)20-14)12-5-6-13-11(10-12)4-3-9-19-13/h5-8,10,16,18H,2-4,9H2,1H3. The lowest BCUT2D eigenvalue weighted by Gasteiger charge is -2.22. The molecule has 1 aliphatic rings. The van der Waals surface area contributed by atoms with E-state index in [0.29, 0.717) is 0 Å². The van der Waals surface area contributed by atoms with Crippen molar-refractivity contribution in [2.24, 2.45) is 0 Å². The van der Waals surface area contributed by atoms with Gasteiger partial charge in [-0.25, -0.2) is 0 Å². The van der Waals surface area contributed by atoms with Crippen LogP contribution < -0.4 is 10.1 Å². The molecule has 0 radical (unpaired) electrons. The molecule has 106 valence electrons. The first-order chi connectivity index (χ1) is 9.78. The van der Waals surface area contributed by atoms with E-state index >= 15 is 0 Å². The third kappa shape index (κ3) is 2.85. The summed E-state index contributed by atoms with van der Waals surface area (Å²) >= 11 is 7.72. The van der Waals surface area contributed by atoms with E-state index in [1.807, 2.05) is 6.07 Å². The van der Waals surface area contributed by atoms with E-state index in [9.17, 15) is 0 Å². The van der Waals surface area contributed by atoms with Crippen molar-refractivity contribution in [3.63, 3.8) is 0 Å². The van der Waals surface area contributed by atoms with Gasteiger partial charge in [-0.3, -0.25) is 0 Å². The Labute approximate surface area is 128 Å². The second-order valence-electron chi connectivity index (χ2n) is 4.95. The van der Waals surface area contributed by atoms with E-state index in [0.717, 1.165) is 36.1 Å². The van der Waals surface area contributed by atoms with Crippen LogP contribution in [0.4, 0.5) is 0 Å². The van der Waals surface area contributed by atoms with E-state index in [-0.39, 0.29) is 6.04 Å². The molecule has 0 saturated carbocycles. The molecule has 0 fully saturated rings. The Hall–Kier alpha value is -1.03. The summed E-state index contributed by atoms with van der Waals surface area (Å²) in [6.45, 7) is 3.89. The molecule has 1 aromatic heterocycles. The minimum Gasteiger partial charge on any atom is -0.493 e. The quantitative estimate of drug-likeness (QED) is 0.902. The van der Waals surface area contributed by atoms with Gasteiger partial charge in [0.15, 0.2) is 0 Å². The van der Waals surface area contributed by atoms with Crippen molar-refractivity contribution in [3.05, 3.63) is 50.7 Å². The number of rotatable bonds is 4. The molecule has 1 unspecified atom stereocenters. The normalized spacial score (nSPS) is 15.5. The van der Waals surface area contributed by atoms with Crippen LogP contribution in [-0.4, -0.2) is 13.2 Å². The Bertz CT molecular complexity index is 596. The molecular formula is C16H18ClNOS. The molecule has 20 heavy (non-hydrogen) atoms. The smallest absolute Gasteiger partial charge is 0.122 e. The summed E-state index contributed by atoms with van der Waals surface area (Å²) in [6, 6.07) is 10.8. The number of hydrogen-bond acceptors (Lipinski definition) is 3. The minimum absolute atomic E-state index is 0.213. The Morgan fingerprint density at radius 1 is 1.35 bits per heavy atom. The van der Waals surface area contributed by atoms with Gasteiger partial charge in [0.1, 0.15) is 5.75 Å². The largest absolute Gasteiger partial charge is 0.493 e. The monoisotopic (exact) mass is 307 g/mol. The first kappa shape index (κ1) is 13.9. The molecule has 1 N–H and O–H groups in total. The van der Waals surface area contributed by atoms with Crippen LogP contribution in [-0.2, 0) is 6.42 Å². The van der Waals surface area contributed by atoms with Crippen molar-refractivity contribution in [2.45, 2.75) is 25.8 Å². The highest BCUT2D eigenvalue weighted by atomic mass is 35.5. The first-order valence-corrected chi connectivity index (χ1v) is 8.21. The van der Waals surface area contributed by atoms with Gasteiger partial charge in [-0.05, 0) is 48.7 Å². The molecule has 0 amide bonds. The number of fused-ring (bicyclic) bond motifs is 1. The summed E-state index contributed by atoms with van der Waals surface area (Å²) in [7, 11) is 0. The number of hydrogen-bond donors (Lipinski definition) is 1. The van der Waals surface area contributed by atoms with Gasteiger partial charge < -0.3 is 10.1 Å². The molecule has 3 rings (SSSR count). The second kappa shape index (κ2) is 6.17. The summed E-state index contributed by atoms with van der Waals surface area (Å²) in [5.41, 5.74) is 2.61. The van der Waals surface area contributed by atoms with E-state index < -0.39 is 0 Å². The van der Waals surface area contributed by atoms with Crippen LogP contribution in [0.15, 0.2) is 30.3 Å². The number of halogens is 1. The van der Waals surface area contributed by atoms with Gasteiger partial charge >= 0.3 is 0 Å². The van der Waals surface area contributed by atoms with Crippen LogP contribution >= 0.6 is 22.9 Å². The zero-order chi connectivity index (χ0) is 13.9. The zero-order valence-corrected chi connectivity index (χ0v) is 13.1. The second-order valence-corrected chi connectivity index (χ2v) is 6.70. The van der Waals surface area contributed by atoms with Crippen LogP contribution in [0.25, 0.3) is 0 Å². The van der Waals surface area contributed by atoms with E-state index in [1.54, 1.807) is 11.3 Å². The summed E-state index contributed by atoms with van der Waals surface area (Å²) in [6.07, 6.45) is 2.21. The lowest BCUT2D eigenvalue weighted by Crippen LogP contribution is -2.21. The van der Waals surface area contributed by atoms with Crippen molar-refractivity contribution in [2.75, 3.05) is 13.2 Å². The minimum atomic E-state index is 0.213. The number of nitrogens with one attached hydrogen (secondary N) is 1. The summed E-state index contributed by atoms with van der Waals surface area (Å²) in [5.74, 6) is 1.04. The van der Waals surface area contributed by atoms with Crippen molar-refractivity contribution < 1.29 is 4.74 Å². The maximum Gasteiger partial charge on any atom is 0.122 e. The molecular weight excluding hydrogens is 290 g/mol. The van der Waals surface area contributed by atoms with Gasteiger partial charge in [0.05, 0.1) is 17.0 Å². The molecule has 0 aliphatic carbocycles. The number of benzene rings is 1. The van der Waals surface area contributed by atoms with Gasteiger partial charge in [-0.2, -0.15) is 0 Å². The van der Waals surface area contributed by atoms with Crippen LogP contribution in [0.3, 0.4) is 0 Å². The molecule has 4 heteroatoms. The van der Waals surface area contributed by atoms with Crippen LogP contribution in [0, 0.1) is 0 Å². The summed E-state index contributed by atoms with van der Waals surface area (Å²) in [4.78, 5) is 1.26. The van der Waals surface area contributed by atoms with Crippen LogP contribution in [0.1, 0.15) is 35.4 Å². The van der Waals surface area contributed by atoms with Gasteiger partial charge in [0.2, 0.25) is 0 Å². The highest BCUT2D eigenvalue weighted by Crippen LogP contribution is 2.34. The predicted molar refractivity (Wildman–Crippen MR) is 85.1 cm³/mol. The Morgan fingerprint density at radius 2 is 2.25 bits per heavy atom. The highest BCUT2D eigenvalue weighted by Gasteiger charge is 2.18. The Kier molecular flexibility index (Phi) is 4.29. The van der Waals surface area contributed by atoms with Crippen molar-refractivity contribution in [1.82, 2.24) is 5.32 Å².